The van der Waals surface area contributed by atoms with Crippen molar-refractivity contribution in [2.45, 2.75) is 13.0 Å². The highest BCUT2D eigenvalue weighted by Gasteiger charge is 2.27. The molecule has 0 aliphatic carbocycles. The van der Waals surface area contributed by atoms with Gasteiger partial charge in [0.05, 0.1) is 12.7 Å². The van der Waals surface area contributed by atoms with E-state index in [2.05, 4.69) is 4.98 Å². The van der Waals surface area contributed by atoms with Gasteiger partial charge in [0.25, 0.3) is 11.1 Å². The Hall–Kier alpha value is -2.18. The predicted molar refractivity (Wildman–Crippen MR) is 88.1 cm³/mol. The summed E-state index contributed by atoms with van der Waals surface area (Å²) in [6, 6.07) is 5.63. The van der Waals surface area contributed by atoms with Crippen molar-refractivity contribution in [2.24, 2.45) is 0 Å². The largest absolute Gasteiger partial charge is 0.332 e. The summed E-state index contributed by atoms with van der Waals surface area (Å²) in [6.07, 6.45) is 4.09. The average Bonchev–Trinajstić information content (AvgIpc) is 3.17. The lowest BCUT2D eigenvalue weighted by Gasteiger charge is -2.27. The number of hydrogen-bond acceptors (Lipinski definition) is 4. The summed E-state index contributed by atoms with van der Waals surface area (Å²) in [7, 11) is 0. The van der Waals surface area contributed by atoms with E-state index >= 15 is 0 Å². The Bertz CT molecular complexity index is 930. The Morgan fingerprint density at radius 1 is 1.30 bits per heavy atom. The molecule has 4 rings (SSSR count). The maximum Gasteiger partial charge on any atom is 0.272 e. The van der Waals surface area contributed by atoms with Gasteiger partial charge >= 0.3 is 0 Å². The van der Waals surface area contributed by atoms with E-state index < -0.39 is 5.24 Å². The van der Waals surface area contributed by atoms with Crippen LogP contribution in [0.2, 0.25) is 0 Å². The molecule has 3 aromatic rings. The highest BCUT2D eigenvalue weighted by Crippen LogP contribution is 2.30. The van der Waals surface area contributed by atoms with Crippen LogP contribution in [-0.2, 0) is 13.0 Å². The van der Waals surface area contributed by atoms with Gasteiger partial charge in [0, 0.05) is 28.6 Å². The molecule has 0 aromatic carbocycles. The molecular weight excluding hydrogens is 334 g/mol. The highest BCUT2D eigenvalue weighted by atomic mass is 35.5. The Balaban J connectivity index is 1.64. The van der Waals surface area contributed by atoms with Crippen molar-refractivity contribution in [3.63, 3.8) is 0 Å². The maximum atomic E-state index is 12.8. The SMILES string of the molecule is O=C(Cl)c1csc2c1CCN(C(=O)c1cnc3ccccn13)C2. The van der Waals surface area contributed by atoms with Crippen molar-refractivity contribution in [1.82, 2.24) is 14.3 Å². The maximum absolute atomic E-state index is 12.8. The van der Waals surface area contributed by atoms with E-state index in [-0.39, 0.29) is 5.91 Å². The second kappa shape index (κ2) is 5.47. The molecule has 3 aromatic heterocycles. The third-order valence-electron chi connectivity index (χ3n) is 4.08. The number of carbonyl (C=O) groups is 2. The number of hydrogen-bond donors (Lipinski definition) is 0. The summed E-state index contributed by atoms with van der Waals surface area (Å²) in [5.41, 5.74) is 2.86. The molecule has 0 saturated carbocycles. The first-order chi connectivity index (χ1) is 11.1. The second-order valence-corrected chi connectivity index (χ2v) is 6.68. The van der Waals surface area contributed by atoms with E-state index in [4.69, 9.17) is 11.6 Å². The highest BCUT2D eigenvalue weighted by molar-refractivity contribution is 7.10. The number of imidazole rings is 1. The molecule has 0 fully saturated rings. The second-order valence-electron chi connectivity index (χ2n) is 5.37. The Kier molecular flexibility index (Phi) is 3.43. The fourth-order valence-corrected chi connectivity index (χ4v) is 4.25. The fraction of sp³-hybridized carbons (Fsp3) is 0.188. The van der Waals surface area contributed by atoms with E-state index in [9.17, 15) is 9.59 Å². The van der Waals surface area contributed by atoms with Crippen molar-refractivity contribution < 1.29 is 9.59 Å². The summed E-state index contributed by atoms with van der Waals surface area (Å²) in [5, 5.41) is 1.35. The summed E-state index contributed by atoms with van der Waals surface area (Å²) in [5.74, 6) is -0.0542. The van der Waals surface area contributed by atoms with E-state index in [1.54, 1.807) is 20.9 Å². The van der Waals surface area contributed by atoms with Crippen LogP contribution >= 0.6 is 22.9 Å². The summed E-state index contributed by atoms with van der Waals surface area (Å²) in [4.78, 5) is 31.3. The molecule has 0 saturated heterocycles. The van der Waals surface area contributed by atoms with Gasteiger partial charge in [0.1, 0.15) is 11.3 Å². The number of nitrogens with zero attached hydrogens (tertiary/aromatic N) is 3. The van der Waals surface area contributed by atoms with Crippen molar-refractivity contribution in [3.05, 3.63) is 57.7 Å². The van der Waals surface area contributed by atoms with E-state index in [1.165, 1.54) is 11.3 Å². The van der Waals surface area contributed by atoms with Crippen LogP contribution in [-0.4, -0.2) is 32.0 Å². The lowest BCUT2D eigenvalue weighted by molar-refractivity contribution is 0.0730. The van der Waals surface area contributed by atoms with Crippen molar-refractivity contribution in [1.29, 1.82) is 0 Å². The van der Waals surface area contributed by atoms with Gasteiger partial charge < -0.3 is 4.90 Å². The van der Waals surface area contributed by atoms with Gasteiger partial charge in [-0.05, 0) is 35.7 Å². The van der Waals surface area contributed by atoms with Gasteiger partial charge in [-0.15, -0.1) is 11.3 Å². The first-order valence-corrected chi connectivity index (χ1v) is 8.41. The topological polar surface area (TPSA) is 54.7 Å². The van der Waals surface area contributed by atoms with E-state index in [0.717, 1.165) is 16.1 Å². The van der Waals surface area contributed by atoms with Crippen LogP contribution in [0.4, 0.5) is 0 Å². The number of carbonyl (C=O) groups excluding carboxylic acids is 2. The Morgan fingerprint density at radius 2 is 2.17 bits per heavy atom. The quantitative estimate of drug-likeness (QED) is 0.671. The van der Waals surface area contributed by atoms with Crippen molar-refractivity contribution in [3.8, 4) is 0 Å². The lowest BCUT2D eigenvalue weighted by atomic mass is 10.0. The molecule has 0 N–H and O–H groups in total. The normalized spacial score (nSPS) is 14.0. The van der Waals surface area contributed by atoms with Gasteiger partial charge in [0.2, 0.25) is 0 Å². The van der Waals surface area contributed by atoms with Gasteiger partial charge in [-0.2, -0.15) is 0 Å². The van der Waals surface area contributed by atoms with Crippen LogP contribution in [0.15, 0.2) is 36.0 Å². The zero-order valence-corrected chi connectivity index (χ0v) is 13.6. The molecule has 0 atom stereocenters. The smallest absolute Gasteiger partial charge is 0.272 e. The molecule has 116 valence electrons. The zero-order valence-electron chi connectivity index (χ0n) is 12.0. The van der Waals surface area contributed by atoms with Crippen LogP contribution in [0, 0.1) is 0 Å². The number of halogens is 1. The first kappa shape index (κ1) is 14.4. The van der Waals surface area contributed by atoms with Gasteiger partial charge in [-0.25, -0.2) is 4.98 Å². The minimum Gasteiger partial charge on any atom is -0.332 e. The molecular formula is C16H12ClN3O2S. The Morgan fingerprint density at radius 3 is 3.00 bits per heavy atom. The third-order valence-corrected chi connectivity index (χ3v) is 5.30. The molecule has 1 aliphatic heterocycles. The molecule has 0 radical (unpaired) electrons. The van der Waals surface area contributed by atoms with E-state index in [1.807, 2.05) is 24.4 Å². The standard InChI is InChI=1S/C16H12ClN3O2S/c17-15(21)11-9-23-13-8-19(6-4-10(11)13)16(22)12-7-18-14-3-1-2-5-20(12)14/h1-3,5,7,9H,4,6,8H2. The van der Waals surface area contributed by atoms with Crippen molar-refractivity contribution >= 4 is 39.7 Å². The van der Waals surface area contributed by atoms with Crippen LogP contribution in [0.5, 0.6) is 0 Å². The minimum absolute atomic E-state index is 0.0542. The van der Waals surface area contributed by atoms with Crippen LogP contribution in [0.3, 0.4) is 0 Å². The number of pyridine rings is 1. The summed E-state index contributed by atoms with van der Waals surface area (Å²) < 4.78 is 1.79. The van der Waals surface area contributed by atoms with E-state index in [0.29, 0.717) is 30.8 Å². The number of rotatable bonds is 2. The van der Waals surface area contributed by atoms with Gasteiger partial charge in [0.15, 0.2) is 0 Å². The lowest BCUT2D eigenvalue weighted by Crippen LogP contribution is -2.36. The number of fused-ring (bicyclic) bond motifs is 2. The number of aromatic nitrogens is 2. The molecule has 7 heteroatoms. The van der Waals surface area contributed by atoms with Crippen molar-refractivity contribution in [2.75, 3.05) is 6.54 Å². The number of amides is 1. The monoisotopic (exact) mass is 345 g/mol. The first-order valence-electron chi connectivity index (χ1n) is 7.15. The predicted octanol–water partition coefficient (Wildman–Crippen LogP) is 2.97. The van der Waals surface area contributed by atoms with Gasteiger partial charge in [-0.1, -0.05) is 6.07 Å². The average molecular weight is 346 g/mol. The van der Waals surface area contributed by atoms with Crippen LogP contribution in [0.1, 0.15) is 31.3 Å². The molecule has 0 spiro atoms. The summed E-state index contributed by atoms with van der Waals surface area (Å²) in [6.45, 7) is 1.07. The van der Waals surface area contributed by atoms with Crippen LogP contribution in [0.25, 0.3) is 5.65 Å². The number of thiophene rings is 1. The fourth-order valence-electron chi connectivity index (χ4n) is 2.92. The minimum atomic E-state index is -0.427. The Labute approximate surface area is 141 Å². The van der Waals surface area contributed by atoms with Crippen LogP contribution < -0.4 is 0 Å². The molecule has 1 amide bonds. The molecule has 0 bridgehead atoms. The van der Waals surface area contributed by atoms with Gasteiger partial charge in [-0.3, -0.25) is 14.0 Å². The molecule has 23 heavy (non-hydrogen) atoms. The summed E-state index contributed by atoms with van der Waals surface area (Å²) >= 11 is 7.08. The molecule has 4 heterocycles. The molecule has 0 unspecified atom stereocenters. The third kappa shape index (κ3) is 2.34. The molecule has 5 nitrogen and oxygen atoms in total. The zero-order chi connectivity index (χ0) is 16.0. The molecule has 1 aliphatic rings.